The van der Waals surface area contributed by atoms with Crippen molar-refractivity contribution in [3.8, 4) is 17.0 Å². The first-order chi connectivity index (χ1) is 17.5. The van der Waals surface area contributed by atoms with Gasteiger partial charge in [-0.25, -0.2) is 4.98 Å². The Morgan fingerprint density at radius 1 is 1.11 bits per heavy atom. The van der Waals surface area contributed by atoms with Gasteiger partial charge in [0.1, 0.15) is 6.04 Å². The van der Waals surface area contributed by atoms with Gasteiger partial charge in [-0.3, -0.25) is 14.4 Å². The number of nitrogens with zero attached hydrogens (tertiary/aromatic N) is 2. The van der Waals surface area contributed by atoms with E-state index < -0.39 is 24.0 Å². The summed E-state index contributed by atoms with van der Waals surface area (Å²) in [6, 6.07) is 9.38. The van der Waals surface area contributed by atoms with Crippen LogP contribution in [0.1, 0.15) is 61.0 Å². The molecule has 0 fully saturated rings. The molecule has 0 aliphatic rings. The van der Waals surface area contributed by atoms with E-state index in [9.17, 15) is 19.5 Å². The molecule has 0 bridgehead atoms. The molecule has 3 rings (SSSR count). The smallest absolute Gasteiger partial charge is 0.305 e. The van der Waals surface area contributed by atoms with Crippen LogP contribution in [0.3, 0.4) is 0 Å². The van der Waals surface area contributed by atoms with E-state index in [0.29, 0.717) is 23.4 Å². The first-order valence-corrected chi connectivity index (χ1v) is 12.3. The minimum absolute atomic E-state index is 0.125. The van der Waals surface area contributed by atoms with Crippen molar-refractivity contribution in [3.63, 3.8) is 0 Å². The quantitative estimate of drug-likeness (QED) is 0.411. The molecule has 2 aromatic heterocycles. The van der Waals surface area contributed by atoms with Crippen molar-refractivity contribution in [2.45, 2.75) is 59.5 Å². The largest absolute Gasteiger partial charge is 0.481 e. The van der Waals surface area contributed by atoms with E-state index in [1.54, 1.807) is 12.3 Å². The van der Waals surface area contributed by atoms with Gasteiger partial charge in [-0.2, -0.15) is 0 Å². The van der Waals surface area contributed by atoms with Gasteiger partial charge in [0.15, 0.2) is 0 Å². The van der Waals surface area contributed by atoms with Crippen LogP contribution in [0.2, 0.25) is 0 Å². The van der Waals surface area contributed by atoms with Gasteiger partial charge in [0.05, 0.1) is 19.6 Å². The molecule has 8 heteroatoms. The number of benzene rings is 1. The van der Waals surface area contributed by atoms with Crippen LogP contribution in [0.5, 0.6) is 5.88 Å². The highest BCUT2D eigenvalue weighted by Crippen LogP contribution is 2.35. The highest BCUT2D eigenvalue weighted by atomic mass is 16.5. The molecule has 0 aliphatic heterocycles. The van der Waals surface area contributed by atoms with Crippen LogP contribution < -0.4 is 15.6 Å². The van der Waals surface area contributed by atoms with E-state index in [1.807, 2.05) is 58.9 Å². The third-order valence-electron chi connectivity index (χ3n) is 6.35. The number of aliphatic carboxylic acids is 1. The maximum absolute atomic E-state index is 13.6. The van der Waals surface area contributed by atoms with Gasteiger partial charge < -0.3 is 19.7 Å². The zero-order valence-electron chi connectivity index (χ0n) is 22.2. The summed E-state index contributed by atoms with van der Waals surface area (Å²) in [5, 5.41) is 12.6. The van der Waals surface area contributed by atoms with Crippen molar-refractivity contribution >= 4 is 11.9 Å². The molecular weight excluding hydrogens is 470 g/mol. The Morgan fingerprint density at radius 3 is 2.35 bits per heavy atom. The fraction of sp³-hybridized carbons (Fsp3) is 0.379. The number of carboxylic acid groups (broad SMARTS) is 1. The Bertz CT molecular complexity index is 1330. The molecule has 0 saturated heterocycles. The molecule has 0 saturated carbocycles. The molecule has 3 aromatic rings. The van der Waals surface area contributed by atoms with E-state index in [4.69, 9.17) is 4.74 Å². The fourth-order valence-electron chi connectivity index (χ4n) is 4.57. The van der Waals surface area contributed by atoms with Crippen molar-refractivity contribution in [1.82, 2.24) is 14.9 Å². The monoisotopic (exact) mass is 505 g/mol. The number of aryl methyl sites for hydroxylation is 3. The fourth-order valence-corrected chi connectivity index (χ4v) is 4.57. The summed E-state index contributed by atoms with van der Waals surface area (Å²) in [5.41, 5.74) is 4.76. The van der Waals surface area contributed by atoms with E-state index in [2.05, 4.69) is 10.3 Å². The average molecular weight is 506 g/mol. The zero-order valence-corrected chi connectivity index (χ0v) is 22.2. The van der Waals surface area contributed by atoms with Crippen LogP contribution in [-0.4, -0.2) is 33.6 Å². The minimum atomic E-state index is -1.07. The van der Waals surface area contributed by atoms with Crippen molar-refractivity contribution in [3.05, 3.63) is 81.4 Å². The van der Waals surface area contributed by atoms with E-state index in [0.717, 1.165) is 22.3 Å². The molecule has 2 heterocycles. The van der Waals surface area contributed by atoms with Gasteiger partial charge in [-0.1, -0.05) is 32.0 Å². The normalized spacial score (nSPS) is 12.7. The lowest BCUT2D eigenvalue weighted by Crippen LogP contribution is -2.40. The van der Waals surface area contributed by atoms with Crippen LogP contribution >= 0.6 is 0 Å². The lowest BCUT2D eigenvalue weighted by atomic mass is 9.93. The lowest BCUT2D eigenvalue weighted by molar-refractivity contribution is -0.138. The second-order valence-corrected chi connectivity index (χ2v) is 9.85. The number of hydrogen-bond donors (Lipinski definition) is 2. The first kappa shape index (κ1) is 27.6. The van der Waals surface area contributed by atoms with Gasteiger partial charge in [0.2, 0.25) is 11.8 Å². The van der Waals surface area contributed by atoms with Gasteiger partial charge in [0.25, 0.3) is 5.56 Å². The van der Waals surface area contributed by atoms with Crippen LogP contribution in [-0.2, 0) is 9.59 Å². The maximum Gasteiger partial charge on any atom is 0.305 e. The predicted molar refractivity (Wildman–Crippen MR) is 143 cm³/mol. The molecule has 0 radical (unpaired) electrons. The number of carboxylic acids is 1. The molecule has 8 nitrogen and oxygen atoms in total. The summed E-state index contributed by atoms with van der Waals surface area (Å²) in [7, 11) is 1.53. The molecule has 1 aromatic carbocycles. The van der Waals surface area contributed by atoms with E-state index in [-0.39, 0.29) is 17.9 Å². The second-order valence-electron chi connectivity index (χ2n) is 9.85. The maximum atomic E-state index is 13.6. The second kappa shape index (κ2) is 11.9. The van der Waals surface area contributed by atoms with Crippen molar-refractivity contribution in [2.75, 3.05) is 7.11 Å². The molecule has 0 spiro atoms. The Balaban J connectivity index is 2.05. The summed E-state index contributed by atoms with van der Waals surface area (Å²) >= 11 is 0. The molecule has 1 amide bonds. The SMILES string of the molecule is COc1ncc([C@@H](CC(=O)O)NC(=O)[C@H](CC(C)C)n2ccc(C)cc2=O)cc1-c1c(C)cccc1C. The summed E-state index contributed by atoms with van der Waals surface area (Å²) in [6.07, 6.45) is 3.22. The van der Waals surface area contributed by atoms with Gasteiger partial charge >= 0.3 is 5.97 Å². The summed E-state index contributed by atoms with van der Waals surface area (Å²) < 4.78 is 6.93. The van der Waals surface area contributed by atoms with Gasteiger partial charge in [0, 0.05) is 24.0 Å². The van der Waals surface area contributed by atoms with Crippen LogP contribution in [0.25, 0.3) is 11.1 Å². The van der Waals surface area contributed by atoms with Crippen molar-refractivity contribution in [2.24, 2.45) is 5.92 Å². The Kier molecular flexibility index (Phi) is 8.86. The van der Waals surface area contributed by atoms with Crippen LogP contribution in [0.4, 0.5) is 0 Å². The Morgan fingerprint density at radius 2 is 1.78 bits per heavy atom. The molecular formula is C29H35N3O5. The molecule has 0 aliphatic carbocycles. The van der Waals surface area contributed by atoms with E-state index in [1.165, 1.54) is 23.9 Å². The van der Waals surface area contributed by atoms with Crippen molar-refractivity contribution < 1.29 is 19.4 Å². The number of pyridine rings is 2. The average Bonchev–Trinajstić information content (AvgIpc) is 2.82. The van der Waals surface area contributed by atoms with Crippen LogP contribution in [0, 0.1) is 26.7 Å². The number of hydrogen-bond acceptors (Lipinski definition) is 5. The third kappa shape index (κ3) is 6.64. The third-order valence-corrected chi connectivity index (χ3v) is 6.35. The summed E-state index contributed by atoms with van der Waals surface area (Å²) in [6.45, 7) is 9.73. The number of carbonyl (C=O) groups is 2. The zero-order chi connectivity index (χ0) is 27.3. The van der Waals surface area contributed by atoms with Gasteiger partial charge in [-0.05, 0) is 73.1 Å². The number of methoxy groups -OCH3 is 1. The lowest BCUT2D eigenvalue weighted by Gasteiger charge is -2.25. The molecule has 37 heavy (non-hydrogen) atoms. The number of ether oxygens (including phenoxy) is 1. The van der Waals surface area contributed by atoms with Crippen LogP contribution in [0.15, 0.2) is 53.6 Å². The number of aromatic nitrogens is 2. The van der Waals surface area contributed by atoms with Crippen molar-refractivity contribution in [1.29, 1.82) is 0 Å². The Hall–Kier alpha value is -3.94. The first-order valence-electron chi connectivity index (χ1n) is 12.3. The number of carbonyl (C=O) groups excluding carboxylic acids is 1. The summed E-state index contributed by atoms with van der Waals surface area (Å²) in [4.78, 5) is 42.5. The number of amides is 1. The Labute approximate surface area is 217 Å². The molecule has 196 valence electrons. The highest BCUT2D eigenvalue weighted by molar-refractivity contribution is 5.82. The minimum Gasteiger partial charge on any atom is -0.481 e. The predicted octanol–water partition coefficient (Wildman–Crippen LogP) is 4.76. The molecule has 0 unspecified atom stereocenters. The van der Waals surface area contributed by atoms with E-state index >= 15 is 0 Å². The number of rotatable bonds is 10. The molecule has 2 N–H and O–H groups in total. The highest BCUT2D eigenvalue weighted by Gasteiger charge is 2.28. The standard InChI is InChI=1S/C29H35N3O5/c1-17(2)12-24(32-11-10-18(3)13-25(32)33)28(36)31-23(15-26(34)35)21-14-22(29(37-6)30-16-21)27-19(4)8-7-9-20(27)5/h7-11,13-14,16-17,23-24H,12,15H2,1-6H3,(H,31,36)(H,34,35)/t23-,24+/m1/s1. The molecule has 2 atom stereocenters. The topological polar surface area (TPSA) is 111 Å². The summed E-state index contributed by atoms with van der Waals surface area (Å²) in [5.74, 6) is -0.955. The van der Waals surface area contributed by atoms with Gasteiger partial charge in [-0.15, -0.1) is 0 Å². The number of nitrogens with one attached hydrogen (secondary N) is 1.